The lowest BCUT2D eigenvalue weighted by Gasteiger charge is -1.84. The van der Waals surface area contributed by atoms with Gasteiger partial charge in [0.05, 0.1) is 10.6 Å². The molecular weight excluding hydrogens is 192 g/mol. The Morgan fingerprint density at radius 1 is 1.25 bits per heavy atom. The van der Waals surface area contributed by atoms with Gasteiger partial charge in [-0.25, -0.2) is 9.97 Å². The molecule has 0 unspecified atom stereocenters. The van der Waals surface area contributed by atoms with Gasteiger partial charge in [0, 0.05) is 11.6 Å². The lowest BCUT2D eigenvalue weighted by atomic mass is 10.4. The largest absolute Gasteiger partial charge is 0.375 e. The van der Waals surface area contributed by atoms with Gasteiger partial charge in [0.25, 0.3) is 0 Å². The first-order chi connectivity index (χ1) is 5.75. The van der Waals surface area contributed by atoms with Crippen molar-refractivity contribution in [2.45, 2.75) is 0 Å². The minimum atomic E-state index is 0.552. The topological polar surface area (TPSA) is 77.8 Å². The highest BCUT2D eigenvalue weighted by Crippen LogP contribution is 2.28. The smallest absolute Gasteiger partial charge is 0.180 e. The van der Waals surface area contributed by atoms with E-state index in [0.717, 1.165) is 10.6 Å². The van der Waals surface area contributed by atoms with E-state index in [1.54, 1.807) is 6.20 Å². The van der Waals surface area contributed by atoms with Crippen LogP contribution in [0.25, 0.3) is 10.6 Å². The van der Waals surface area contributed by atoms with Crippen molar-refractivity contribution >= 4 is 32.9 Å². The summed E-state index contributed by atoms with van der Waals surface area (Å²) in [6, 6.07) is 0. The summed E-state index contributed by atoms with van der Waals surface area (Å²) in [7, 11) is 0. The second kappa shape index (κ2) is 2.72. The average Bonchev–Trinajstić information content (AvgIpc) is 2.58. The maximum absolute atomic E-state index is 5.48. The molecule has 62 valence electrons. The van der Waals surface area contributed by atoms with Crippen molar-refractivity contribution in [1.29, 1.82) is 0 Å². The highest BCUT2D eigenvalue weighted by molar-refractivity contribution is 7.19. The van der Waals surface area contributed by atoms with Crippen LogP contribution >= 0.6 is 22.7 Å². The molecule has 0 aromatic carbocycles. The number of nitrogen functional groups attached to an aromatic ring is 2. The van der Waals surface area contributed by atoms with Gasteiger partial charge < -0.3 is 11.5 Å². The van der Waals surface area contributed by atoms with Gasteiger partial charge >= 0.3 is 0 Å². The summed E-state index contributed by atoms with van der Waals surface area (Å²) in [5.74, 6) is 0. The molecule has 6 heteroatoms. The molecule has 2 heterocycles. The molecule has 12 heavy (non-hydrogen) atoms. The molecule has 0 aliphatic heterocycles. The monoisotopic (exact) mass is 198 g/mol. The molecule has 4 nitrogen and oxygen atoms in total. The Labute approximate surface area is 76.9 Å². The van der Waals surface area contributed by atoms with Crippen LogP contribution in [0.1, 0.15) is 0 Å². The third-order valence-corrected chi connectivity index (χ3v) is 2.82. The number of nitrogens with two attached hydrogens (primary N) is 2. The zero-order valence-corrected chi connectivity index (χ0v) is 7.65. The fraction of sp³-hybridized carbons (Fsp3) is 0. The van der Waals surface area contributed by atoms with Crippen molar-refractivity contribution in [1.82, 2.24) is 9.97 Å². The van der Waals surface area contributed by atoms with Crippen LogP contribution in [0.5, 0.6) is 0 Å². The van der Waals surface area contributed by atoms with E-state index in [1.807, 2.05) is 5.38 Å². The highest BCUT2D eigenvalue weighted by Gasteiger charge is 2.05. The normalized spacial score (nSPS) is 10.3. The van der Waals surface area contributed by atoms with Gasteiger partial charge in [0.2, 0.25) is 0 Å². The number of hydrogen-bond acceptors (Lipinski definition) is 6. The zero-order valence-electron chi connectivity index (χ0n) is 6.02. The van der Waals surface area contributed by atoms with Crippen LogP contribution in [0.3, 0.4) is 0 Å². The van der Waals surface area contributed by atoms with Gasteiger partial charge in [-0.15, -0.1) is 11.3 Å². The van der Waals surface area contributed by atoms with Crippen molar-refractivity contribution < 1.29 is 0 Å². The molecule has 0 spiro atoms. The van der Waals surface area contributed by atoms with Crippen molar-refractivity contribution in [2.75, 3.05) is 11.5 Å². The maximum atomic E-state index is 5.48. The van der Waals surface area contributed by atoms with Crippen LogP contribution < -0.4 is 11.5 Å². The van der Waals surface area contributed by atoms with Gasteiger partial charge in [0.15, 0.2) is 10.3 Å². The third kappa shape index (κ3) is 1.26. The Bertz CT molecular complexity index is 353. The summed E-state index contributed by atoms with van der Waals surface area (Å²) in [5, 5.41) is 3.01. The van der Waals surface area contributed by atoms with E-state index < -0.39 is 0 Å². The van der Waals surface area contributed by atoms with Crippen LogP contribution in [-0.2, 0) is 0 Å². The summed E-state index contributed by atoms with van der Waals surface area (Å²) in [4.78, 5) is 8.99. The first-order valence-corrected chi connectivity index (χ1v) is 4.88. The predicted molar refractivity (Wildman–Crippen MR) is 52.0 cm³/mol. The van der Waals surface area contributed by atoms with E-state index in [-0.39, 0.29) is 0 Å². The van der Waals surface area contributed by atoms with E-state index in [0.29, 0.717) is 10.3 Å². The Balaban J connectivity index is 2.43. The molecule has 0 bridgehead atoms. The molecule has 0 atom stereocenters. The van der Waals surface area contributed by atoms with Crippen LogP contribution in [0.2, 0.25) is 0 Å². The molecule has 4 N–H and O–H groups in total. The minimum Gasteiger partial charge on any atom is -0.375 e. The summed E-state index contributed by atoms with van der Waals surface area (Å²) in [5.41, 5.74) is 11.8. The van der Waals surface area contributed by atoms with Gasteiger partial charge in [-0.3, -0.25) is 0 Å². The van der Waals surface area contributed by atoms with E-state index in [4.69, 9.17) is 11.5 Å². The summed E-state index contributed by atoms with van der Waals surface area (Å²) in [6.07, 6.45) is 1.70. The van der Waals surface area contributed by atoms with Gasteiger partial charge in [-0.05, 0) is 0 Å². The number of rotatable bonds is 1. The lowest BCUT2D eigenvalue weighted by Crippen LogP contribution is -1.80. The molecule has 0 radical (unpaired) electrons. The van der Waals surface area contributed by atoms with Gasteiger partial charge in [-0.1, -0.05) is 11.3 Å². The molecule has 0 fully saturated rings. The van der Waals surface area contributed by atoms with Crippen molar-refractivity contribution in [3.05, 3.63) is 11.6 Å². The van der Waals surface area contributed by atoms with Gasteiger partial charge in [0.1, 0.15) is 0 Å². The van der Waals surface area contributed by atoms with Crippen LogP contribution in [0, 0.1) is 0 Å². The Morgan fingerprint density at radius 2 is 2.08 bits per heavy atom. The summed E-state index contributed by atoms with van der Waals surface area (Å²) < 4.78 is 0. The quantitative estimate of drug-likeness (QED) is 0.726. The fourth-order valence-electron chi connectivity index (χ4n) is 0.807. The number of hydrogen-bond donors (Lipinski definition) is 2. The SMILES string of the molecule is Nc1nc(-c2cnc(N)s2)cs1. The molecule has 0 saturated heterocycles. The Morgan fingerprint density at radius 3 is 2.58 bits per heavy atom. The van der Waals surface area contributed by atoms with E-state index >= 15 is 0 Å². The molecule has 0 saturated carbocycles. The summed E-state index contributed by atoms with van der Waals surface area (Å²) in [6.45, 7) is 0. The number of nitrogens with zero attached hydrogens (tertiary/aromatic N) is 2. The number of thiazole rings is 2. The molecule has 2 aromatic heterocycles. The highest BCUT2D eigenvalue weighted by atomic mass is 32.1. The average molecular weight is 198 g/mol. The molecule has 0 amide bonds. The van der Waals surface area contributed by atoms with Crippen molar-refractivity contribution in [2.24, 2.45) is 0 Å². The minimum absolute atomic E-state index is 0.552. The van der Waals surface area contributed by atoms with Crippen LogP contribution in [0.15, 0.2) is 11.6 Å². The number of aromatic nitrogens is 2. The first-order valence-electron chi connectivity index (χ1n) is 3.18. The Kier molecular flexibility index (Phi) is 1.70. The molecule has 2 rings (SSSR count). The lowest BCUT2D eigenvalue weighted by molar-refractivity contribution is 1.39. The molecule has 0 aliphatic rings. The summed E-state index contributed by atoms with van der Waals surface area (Å²) >= 11 is 2.82. The van der Waals surface area contributed by atoms with Gasteiger partial charge in [-0.2, -0.15) is 0 Å². The Hall–Kier alpha value is -1.14. The maximum Gasteiger partial charge on any atom is 0.180 e. The van der Waals surface area contributed by atoms with Crippen molar-refractivity contribution in [3.63, 3.8) is 0 Å². The van der Waals surface area contributed by atoms with Crippen molar-refractivity contribution in [3.8, 4) is 10.6 Å². The van der Waals surface area contributed by atoms with E-state index in [9.17, 15) is 0 Å². The fourth-order valence-corrected chi connectivity index (χ4v) is 2.09. The van der Waals surface area contributed by atoms with Crippen LogP contribution in [-0.4, -0.2) is 9.97 Å². The molecule has 2 aromatic rings. The second-order valence-corrected chi connectivity index (χ2v) is 4.09. The van der Waals surface area contributed by atoms with E-state index in [2.05, 4.69) is 9.97 Å². The van der Waals surface area contributed by atoms with Crippen LogP contribution in [0.4, 0.5) is 10.3 Å². The second-order valence-electron chi connectivity index (χ2n) is 2.13. The molecule has 0 aliphatic carbocycles. The number of anilines is 2. The standard InChI is InChI=1S/C6H6N4S2/c7-5-9-1-4(12-5)3-2-11-6(8)10-3/h1-2H,(H2,7,9)(H2,8,10). The first kappa shape index (κ1) is 7.51. The third-order valence-electron chi connectivity index (χ3n) is 1.30. The molecular formula is C6H6N4S2. The van der Waals surface area contributed by atoms with E-state index in [1.165, 1.54) is 22.7 Å². The predicted octanol–water partition coefficient (Wildman–Crippen LogP) is 1.43. The zero-order chi connectivity index (χ0) is 8.55.